The molecule has 0 fully saturated rings. The minimum Gasteiger partial charge on any atom is -0.364 e. The number of rotatable bonds is 7. The highest BCUT2D eigenvalue weighted by Gasteiger charge is 2.15. The number of imidazole rings is 2. The SMILES string of the molecule is O=C(NCc1ccccn1)c1cn(-c2nc(CNc3ccccn3)c3ccccn23)cn1. The van der Waals surface area contributed by atoms with Crippen molar-refractivity contribution in [3.63, 3.8) is 0 Å². The molecule has 1 amide bonds. The number of fused-ring (bicyclic) bond motifs is 1. The second-order valence-corrected chi connectivity index (χ2v) is 7.05. The molecular weight excluding hydrogens is 404 g/mol. The lowest BCUT2D eigenvalue weighted by Gasteiger charge is -2.03. The van der Waals surface area contributed by atoms with Gasteiger partial charge in [-0.15, -0.1) is 0 Å². The molecule has 0 aliphatic rings. The zero-order valence-corrected chi connectivity index (χ0v) is 17.1. The van der Waals surface area contributed by atoms with E-state index in [2.05, 4.69) is 25.6 Å². The van der Waals surface area contributed by atoms with E-state index in [0.717, 1.165) is 22.7 Å². The second-order valence-electron chi connectivity index (χ2n) is 7.05. The van der Waals surface area contributed by atoms with Crippen LogP contribution in [0.25, 0.3) is 11.5 Å². The van der Waals surface area contributed by atoms with E-state index in [1.54, 1.807) is 29.5 Å². The summed E-state index contributed by atoms with van der Waals surface area (Å²) in [5.74, 6) is 1.16. The van der Waals surface area contributed by atoms with E-state index in [-0.39, 0.29) is 5.91 Å². The Bertz CT molecular complexity index is 1340. The molecule has 32 heavy (non-hydrogen) atoms. The van der Waals surface area contributed by atoms with Gasteiger partial charge in [-0.25, -0.2) is 15.0 Å². The molecule has 0 spiro atoms. The lowest BCUT2D eigenvalue weighted by Crippen LogP contribution is -2.23. The Morgan fingerprint density at radius 2 is 1.75 bits per heavy atom. The number of nitrogens with zero attached hydrogens (tertiary/aromatic N) is 6. The molecule has 0 aromatic carbocycles. The molecule has 0 aliphatic heterocycles. The van der Waals surface area contributed by atoms with Crippen LogP contribution >= 0.6 is 0 Å². The van der Waals surface area contributed by atoms with E-state index < -0.39 is 0 Å². The van der Waals surface area contributed by atoms with Crippen molar-refractivity contribution in [3.8, 4) is 5.95 Å². The standard InChI is InChI=1S/C23H20N8O/c32-22(27-13-17-7-1-4-10-24-17)19-15-30(16-28-19)23-29-18(20-8-3-6-12-31(20)23)14-26-21-9-2-5-11-25-21/h1-12,15-16H,13-14H2,(H,25,26)(H,27,32). The van der Waals surface area contributed by atoms with Gasteiger partial charge in [-0.05, 0) is 36.4 Å². The largest absolute Gasteiger partial charge is 0.364 e. The van der Waals surface area contributed by atoms with Crippen LogP contribution < -0.4 is 10.6 Å². The molecule has 0 atom stereocenters. The first-order chi connectivity index (χ1) is 15.8. The fourth-order valence-corrected chi connectivity index (χ4v) is 3.35. The van der Waals surface area contributed by atoms with Gasteiger partial charge in [-0.1, -0.05) is 18.2 Å². The summed E-state index contributed by atoms with van der Waals surface area (Å²) in [7, 11) is 0. The van der Waals surface area contributed by atoms with Crippen LogP contribution in [0.1, 0.15) is 21.9 Å². The quantitative estimate of drug-likeness (QED) is 0.417. The van der Waals surface area contributed by atoms with Crippen molar-refractivity contribution in [2.45, 2.75) is 13.1 Å². The third-order valence-electron chi connectivity index (χ3n) is 4.91. The van der Waals surface area contributed by atoms with Gasteiger partial charge >= 0.3 is 0 Å². The summed E-state index contributed by atoms with van der Waals surface area (Å²) in [5, 5.41) is 6.13. The summed E-state index contributed by atoms with van der Waals surface area (Å²) in [6.45, 7) is 0.846. The first kappa shape index (κ1) is 19.4. The minimum absolute atomic E-state index is 0.271. The van der Waals surface area contributed by atoms with E-state index in [1.807, 2.05) is 65.2 Å². The van der Waals surface area contributed by atoms with Crippen LogP contribution in [0.5, 0.6) is 0 Å². The van der Waals surface area contributed by atoms with Gasteiger partial charge in [0.15, 0.2) is 0 Å². The first-order valence-electron chi connectivity index (χ1n) is 10.1. The van der Waals surface area contributed by atoms with E-state index >= 15 is 0 Å². The Morgan fingerprint density at radius 3 is 2.56 bits per heavy atom. The number of carbonyl (C=O) groups excluding carboxylic acids is 1. The van der Waals surface area contributed by atoms with E-state index in [4.69, 9.17) is 4.98 Å². The van der Waals surface area contributed by atoms with Crippen LogP contribution in [-0.2, 0) is 13.1 Å². The average Bonchev–Trinajstić information content (AvgIpc) is 3.48. The number of nitrogens with one attached hydrogen (secondary N) is 2. The molecule has 0 saturated carbocycles. The van der Waals surface area contributed by atoms with Gasteiger partial charge in [0, 0.05) is 24.8 Å². The summed E-state index contributed by atoms with van der Waals surface area (Å²) in [6.07, 6.45) is 8.63. The van der Waals surface area contributed by atoms with Crippen molar-refractivity contribution in [1.82, 2.24) is 34.2 Å². The Balaban J connectivity index is 1.37. The van der Waals surface area contributed by atoms with Gasteiger partial charge in [-0.2, -0.15) is 0 Å². The van der Waals surface area contributed by atoms with E-state index in [1.165, 1.54) is 0 Å². The Morgan fingerprint density at radius 1 is 0.906 bits per heavy atom. The van der Waals surface area contributed by atoms with Crippen LogP contribution in [0.2, 0.25) is 0 Å². The Labute approximate surface area is 183 Å². The maximum atomic E-state index is 12.5. The number of amides is 1. The molecule has 9 heteroatoms. The van der Waals surface area contributed by atoms with Crippen molar-refractivity contribution >= 4 is 17.2 Å². The van der Waals surface area contributed by atoms with Crippen molar-refractivity contribution in [2.75, 3.05) is 5.32 Å². The molecule has 2 N–H and O–H groups in total. The highest BCUT2D eigenvalue weighted by atomic mass is 16.1. The van der Waals surface area contributed by atoms with Crippen molar-refractivity contribution in [2.24, 2.45) is 0 Å². The monoisotopic (exact) mass is 424 g/mol. The molecule has 5 aromatic heterocycles. The van der Waals surface area contributed by atoms with E-state index in [0.29, 0.717) is 24.7 Å². The lowest BCUT2D eigenvalue weighted by atomic mass is 10.3. The average molecular weight is 424 g/mol. The summed E-state index contributed by atoms with van der Waals surface area (Å²) in [6, 6.07) is 17.2. The molecule has 5 aromatic rings. The molecule has 0 aliphatic carbocycles. The molecule has 5 rings (SSSR count). The summed E-state index contributed by atoms with van der Waals surface area (Å²) in [5.41, 5.74) is 2.91. The fourth-order valence-electron chi connectivity index (χ4n) is 3.35. The Hall–Kier alpha value is -4.53. The summed E-state index contributed by atoms with van der Waals surface area (Å²) < 4.78 is 3.71. The van der Waals surface area contributed by atoms with Gasteiger partial charge in [0.05, 0.1) is 30.0 Å². The molecule has 0 bridgehead atoms. The summed E-state index contributed by atoms with van der Waals surface area (Å²) >= 11 is 0. The van der Waals surface area contributed by atoms with Crippen LogP contribution in [0, 0.1) is 0 Å². The smallest absolute Gasteiger partial charge is 0.271 e. The molecule has 158 valence electrons. The topological polar surface area (TPSA) is 102 Å². The van der Waals surface area contributed by atoms with Gasteiger partial charge in [0.2, 0.25) is 5.95 Å². The highest BCUT2D eigenvalue weighted by Crippen LogP contribution is 2.18. The minimum atomic E-state index is -0.271. The molecular formula is C23H20N8O. The van der Waals surface area contributed by atoms with Crippen molar-refractivity contribution in [3.05, 3.63) is 103 Å². The fraction of sp³-hybridized carbons (Fsp3) is 0.0870. The predicted octanol–water partition coefficient (Wildman–Crippen LogP) is 2.85. The number of hydrogen-bond donors (Lipinski definition) is 2. The maximum absolute atomic E-state index is 12.5. The molecule has 0 radical (unpaired) electrons. The van der Waals surface area contributed by atoms with Crippen LogP contribution in [0.3, 0.4) is 0 Å². The van der Waals surface area contributed by atoms with Gasteiger partial charge in [0.25, 0.3) is 5.91 Å². The zero-order chi connectivity index (χ0) is 21.8. The van der Waals surface area contributed by atoms with Gasteiger partial charge in [0.1, 0.15) is 17.8 Å². The second kappa shape index (κ2) is 8.68. The third kappa shape index (κ3) is 4.04. The molecule has 9 nitrogen and oxygen atoms in total. The van der Waals surface area contributed by atoms with Gasteiger partial charge < -0.3 is 10.6 Å². The van der Waals surface area contributed by atoms with Gasteiger partial charge in [-0.3, -0.25) is 18.7 Å². The third-order valence-corrected chi connectivity index (χ3v) is 4.91. The molecule has 0 saturated heterocycles. The van der Waals surface area contributed by atoms with Crippen LogP contribution in [0.4, 0.5) is 5.82 Å². The number of pyridine rings is 3. The Kier molecular flexibility index (Phi) is 5.27. The highest BCUT2D eigenvalue weighted by molar-refractivity contribution is 5.92. The van der Waals surface area contributed by atoms with Crippen LogP contribution in [0.15, 0.2) is 85.7 Å². The van der Waals surface area contributed by atoms with E-state index in [9.17, 15) is 4.79 Å². The first-order valence-corrected chi connectivity index (χ1v) is 10.1. The number of anilines is 1. The molecule has 5 heterocycles. The van der Waals surface area contributed by atoms with Crippen LogP contribution in [-0.4, -0.2) is 34.8 Å². The number of aromatic nitrogens is 6. The van der Waals surface area contributed by atoms with Crippen molar-refractivity contribution < 1.29 is 4.79 Å². The van der Waals surface area contributed by atoms with Crippen molar-refractivity contribution in [1.29, 1.82) is 0 Å². The normalized spacial score (nSPS) is 10.9. The number of hydrogen-bond acceptors (Lipinski definition) is 6. The zero-order valence-electron chi connectivity index (χ0n) is 17.1. The summed E-state index contributed by atoms with van der Waals surface area (Å²) in [4.78, 5) is 30.1. The number of carbonyl (C=O) groups is 1. The molecule has 0 unspecified atom stereocenters. The predicted molar refractivity (Wildman–Crippen MR) is 119 cm³/mol. The maximum Gasteiger partial charge on any atom is 0.271 e. The lowest BCUT2D eigenvalue weighted by molar-refractivity contribution is 0.0946.